The van der Waals surface area contributed by atoms with Crippen molar-refractivity contribution in [2.45, 2.75) is 24.5 Å². The molecule has 1 aliphatic rings. The van der Waals surface area contributed by atoms with E-state index in [1.54, 1.807) is 12.1 Å². The zero-order valence-electron chi connectivity index (χ0n) is 13.1. The number of benzene rings is 1. The fraction of sp³-hybridized carbons (Fsp3) is 0.294. The first-order valence-electron chi connectivity index (χ1n) is 7.59. The predicted octanol–water partition coefficient (Wildman–Crippen LogP) is -1.01. The first-order valence-corrected chi connectivity index (χ1v) is 7.59. The third-order valence-corrected chi connectivity index (χ3v) is 3.92. The van der Waals surface area contributed by atoms with Gasteiger partial charge in [0.25, 0.3) is 5.91 Å². The van der Waals surface area contributed by atoms with Crippen molar-refractivity contribution >= 4 is 5.91 Å². The van der Waals surface area contributed by atoms with Crippen LogP contribution in [0.1, 0.15) is 28.0 Å². The highest BCUT2D eigenvalue weighted by Crippen LogP contribution is 2.30. The molecule has 130 valence electrons. The smallest absolute Gasteiger partial charge is 0.270 e. The van der Waals surface area contributed by atoms with Gasteiger partial charge >= 0.3 is 0 Å². The lowest BCUT2D eigenvalue weighted by atomic mass is 10.1. The largest absolute Gasteiger partial charge is 0.394 e. The van der Waals surface area contributed by atoms with Crippen LogP contribution in [0.25, 0.3) is 0 Å². The van der Waals surface area contributed by atoms with Crippen molar-refractivity contribution in [3.8, 4) is 11.8 Å². The number of ether oxygens (including phenoxy) is 1. The van der Waals surface area contributed by atoms with E-state index >= 15 is 0 Å². The van der Waals surface area contributed by atoms with Crippen molar-refractivity contribution in [1.82, 2.24) is 9.55 Å². The summed E-state index contributed by atoms with van der Waals surface area (Å²) in [7, 11) is 0. The molecule has 2 heterocycles. The van der Waals surface area contributed by atoms with Gasteiger partial charge in [-0.1, -0.05) is 24.1 Å². The number of carbonyl (C=O) groups is 1. The van der Waals surface area contributed by atoms with Crippen LogP contribution < -0.4 is 5.73 Å². The summed E-state index contributed by atoms with van der Waals surface area (Å²) in [6.07, 6.45) is -3.33. The molecular weight excluding hydrogens is 326 g/mol. The molecule has 2 aromatic rings. The van der Waals surface area contributed by atoms with E-state index in [0.29, 0.717) is 5.56 Å². The maximum absolute atomic E-state index is 11.6. The zero-order chi connectivity index (χ0) is 18.0. The van der Waals surface area contributed by atoms with Gasteiger partial charge < -0.3 is 25.8 Å². The summed E-state index contributed by atoms with van der Waals surface area (Å²) in [6, 6.07) is 9.09. The third kappa shape index (κ3) is 3.26. The Hall–Kier alpha value is -2.70. The van der Waals surface area contributed by atoms with Gasteiger partial charge in [-0.05, 0) is 18.1 Å². The summed E-state index contributed by atoms with van der Waals surface area (Å²) in [6.45, 7) is -0.461. The molecule has 0 bridgehead atoms. The topological polar surface area (TPSA) is 131 Å². The van der Waals surface area contributed by atoms with Crippen LogP contribution in [0.3, 0.4) is 0 Å². The Morgan fingerprint density at radius 2 is 1.96 bits per heavy atom. The normalized spacial score (nSPS) is 25.4. The van der Waals surface area contributed by atoms with Crippen molar-refractivity contribution in [1.29, 1.82) is 0 Å². The molecule has 4 atom stereocenters. The molecule has 5 N–H and O–H groups in total. The van der Waals surface area contributed by atoms with E-state index in [1.165, 1.54) is 10.9 Å². The second-order valence-corrected chi connectivity index (χ2v) is 5.56. The first-order chi connectivity index (χ1) is 12.0. The van der Waals surface area contributed by atoms with Gasteiger partial charge in [-0.3, -0.25) is 9.36 Å². The zero-order valence-corrected chi connectivity index (χ0v) is 13.1. The predicted molar refractivity (Wildman–Crippen MR) is 86.2 cm³/mol. The van der Waals surface area contributed by atoms with Crippen LogP contribution in [0.15, 0.2) is 36.7 Å². The maximum atomic E-state index is 11.6. The number of aliphatic hydroxyl groups is 3. The van der Waals surface area contributed by atoms with Gasteiger partial charge in [-0.2, -0.15) is 0 Å². The van der Waals surface area contributed by atoms with Gasteiger partial charge in [0.15, 0.2) is 11.9 Å². The van der Waals surface area contributed by atoms with E-state index in [1.807, 2.05) is 18.2 Å². The molecule has 0 aliphatic carbocycles. The highest BCUT2D eigenvalue weighted by molar-refractivity contribution is 5.93. The summed E-state index contributed by atoms with van der Waals surface area (Å²) in [5, 5.41) is 29.3. The van der Waals surface area contributed by atoms with Crippen LogP contribution in [-0.4, -0.2) is 55.7 Å². The van der Waals surface area contributed by atoms with Gasteiger partial charge in [-0.15, -0.1) is 0 Å². The summed E-state index contributed by atoms with van der Waals surface area (Å²) >= 11 is 0. The Bertz CT molecular complexity index is 824. The maximum Gasteiger partial charge on any atom is 0.270 e. The van der Waals surface area contributed by atoms with Crippen LogP contribution in [0.4, 0.5) is 0 Å². The summed E-state index contributed by atoms with van der Waals surface area (Å²) < 4.78 is 6.79. The molecule has 0 unspecified atom stereocenters. The monoisotopic (exact) mass is 343 g/mol. The summed E-state index contributed by atoms with van der Waals surface area (Å²) in [4.78, 5) is 15.5. The number of hydrogen-bond donors (Lipinski definition) is 4. The highest BCUT2D eigenvalue weighted by atomic mass is 16.6. The molecule has 1 amide bonds. The molecule has 25 heavy (non-hydrogen) atoms. The fourth-order valence-corrected chi connectivity index (χ4v) is 2.62. The van der Waals surface area contributed by atoms with Crippen LogP contribution in [0.2, 0.25) is 0 Å². The molecule has 8 nitrogen and oxygen atoms in total. The molecule has 1 fully saturated rings. The van der Waals surface area contributed by atoms with Crippen LogP contribution in [0.5, 0.6) is 0 Å². The molecule has 8 heteroatoms. The second kappa shape index (κ2) is 7.04. The van der Waals surface area contributed by atoms with E-state index in [0.717, 1.165) is 0 Å². The van der Waals surface area contributed by atoms with Gasteiger partial charge in [0, 0.05) is 5.56 Å². The SMILES string of the molecule is NC(=O)c1ncn([C@@H]2O[C@H](CO)[C@@H](O)[C@H]2O)c1C#Cc1ccccc1. The molecule has 1 aromatic carbocycles. The van der Waals surface area contributed by atoms with Crippen LogP contribution >= 0.6 is 0 Å². The summed E-state index contributed by atoms with van der Waals surface area (Å²) in [5.41, 5.74) is 6.14. The molecule has 3 rings (SSSR count). The van der Waals surface area contributed by atoms with Crippen molar-refractivity contribution in [3.05, 3.63) is 53.6 Å². The number of nitrogens with zero attached hydrogens (tertiary/aromatic N) is 2. The average molecular weight is 343 g/mol. The molecule has 0 spiro atoms. The molecule has 0 radical (unpaired) electrons. The van der Waals surface area contributed by atoms with E-state index < -0.39 is 37.1 Å². The first kappa shape index (κ1) is 17.1. The Morgan fingerprint density at radius 3 is 2.56 bits per heavy atom. The molecule has 1 aliphatic heterocycles. The fourth-order valence-electron chi connectivity index (χ4n) is 2.62. The van der Waals surface area contributed by atoms with Crippen molar-refractivity contribution in [2.24, 2.45) is 5.73 Å². The number of imidazole rings is 1. The van der Waals surface area contributed by atoms with E-state index in [9.17, 15) is 20.1 Å². The van der Waals surface area contributed by atoms with Gasteiger partial charge in [0.2, 0.25) is 0 Å². The van der Waals surface area contributed by atoms with Crippen LogP contribution in [0, 0.1) is 11.8 Å². The van der Waals surface area contributed by atoms with Gasteiger partial charge in [0.05, 0.1) is 12.9 Å². The molecular formula is C17H17N3O5. The number of rotatable bonds is 3. The minimum atomic E-state index is -1.32. The van der Waals surface area contributed by atoms with Crippen LogP contribution in [-0.2, 0) is 4.74 Å². The number of carbonyl (C=O) groups excluding carboxylic acids is 1. The lowest BCUT2D eigenvalue weighted by Gasteiger charge is -2.17. The van der Waals surface area contributed by atoms with E-state index in [4.69, 9.17) is 10.5 Å². The number of nitrogens with two attached hydrogens (primary N) is 1. The van der Waals surface area contributed by atoms with Crippen molar-refractivity contribution < 1.29 is 24.9 Å². The van der Waals surface area contributed by atoms with Crippen molar-refractivity contribution in [2.75, 3.05) is 6.61 Å². The van der Waals surface area contributed by atoms with Crippen molar-refractivity contribution in [3.63, 3.8) is 0 Å². The second-order valence-electron chi connectivity index (χ2n) is 5.56. The molecule has 1 saturated heterocycles. The summed E-state index contributed by atoms with van der Waals surface area (Å²) in [5.74, 6) is 4.93. The minimum absolute atomic E-state index is 0.0684. The lowest BCUT2D eigenvalue weighted by molar-refractivity contribution is -0.0531. The number of aromatic nitrogens is 2. The van der Waals surface area contributed by atoms with Gasteiger partial charge in [0.1, 0.15) is 24.0 Å². The third-order valence-electron chi connectivity index (χ3n) is 3.92. The Kier molecular flexibility index (Phi) is 4.83. The lowest BCUT2D eigenvalue weighted by Crippen LogP contribution is -2.33. The highest BCUT2D eigenvalue weighted by Gasteiger charge is 2.44. The number of aliphatic hydroxyl groups excluding tert-OH is 3. The van der Waals surface area contributed by atoms with Gasteiger partial charge in [-0.25, -0.2) is 4.98 Å². The number of amides is 1. The quantitative estimate of drug-likeness (QED) is 0.529. The van der Waals surface area contributed by atoms with E-state index in [-0.39, 0.29) is 11.4 Å². The standard InChI is InChI=1S/C17H17N3O5/c18-16(24)13-11(7-6-10-4-2-1-3-5-10)20(9-19-13)17-15(23)14(22)12(8-21)25-17/h1-5,9,12,14-15,17,21-23H,8H2,(H2,18,24)/t12-,14-,15-,17-/m1/s1. The number of primary amides is 1. The number of hydrogen-bond acceptors (Lipinski definition) is 6. The van der Waals surface area contributed by atoms with E-state index in [2.05, 4.69) is 16.8 Å². The Labute approximate surface area is 143 Å². The molecule has 0 saturated carbocycles. The Morgan fingerprint density at radius 1 is 1.24 bits per heavy atom. The minimum Gasteiger partial charge on any atom is -0.394 e. The Balaban J connectivity index is 2.01. The average Bonchev–Trinajstić information content (AvgIpc) is 3.16. The molecule has 1 aromatic heterocycles.